The van der Waals surface area contributed by atoms with Gasteiger partial charge in [-0.05, 0) is 56.4 Å². The van der Waals surface area contributed by atoms with Crippen LogP contribution in [0.15, 0.2) is 0 Å². The van der Waals surface area contributed by atoms with Gasteiger partial charge in [0.25, 0.3) is 0 Å². The molecule has 0 aromatic heterocycles. The fraction of sp³-hybridized carbons (Fsp3) is 1.00. The van der Waals surface area contributed by atoms with Crippen LogP contribution < -0.4 is 5.32 Å². The van der Waals surface area contributed by atoms with Crippen LogP contribution in [0.3, 0.4) is 0 Å². The third kappa shape index (κ3) is 3.55. The predicted octanol–water partition coefficient (Wildman–Crippen LogP) is 2.63. The minimum atomic E-state index is 0.238. The number of ether oxygens (including phenoxy) is 1. The average molecular weight is 275 g/mol. The molecule has 0 saturated carbocycles. The van der Waals surface area contributed by atoms with E-state index in [1.807, 2.05) is 11.8 Å². The third-order valence-corrected chi connectivity index (χ3v) is 5.90. The average Bonchev–Trinajstić information content (AvgIpc) is 2.37. The number of hydrogen-bond acceptors (Lipinski definition) is 4. The van der Waals surface area contributed by atoms with Gasteiger partial charge in [0.05, 0.1) is 5.60 Å². The van der Waals surface area contributed by atoms with E-state index >= 15 is 0 Å². The molecule has 0 aromatic carbocycles. The van der Waals surface area contributed by atoms with Gasteiger partial charge in [0.1, 0.15) is 0 Å². The van der Waals surface area contributed by atoms with E-state index in [-0.39, 0.29) is 5.60 Å². The molecule has 2 rings (SSSR count). The molecule has 4 heteroatoms. The molecular weight excluding hydrogens is 250 g/mol. The van der Waals surface area contributed by atoms with Crippen LogP contribution in [0.2, 0.25) is 0 Å². The van der Waals surface area contributed by atoms with Crippen molar-refractivity contribution < 1.29 is 4.74 Å². The smallest absolute Gasteiger partial charge is 0.0701 e. The topological polar surface area (TPSA) is 21.3 Å². The lowest BCUT2D eigenvalue weighted by Gasteiger charge is -2.45. The summed E-state index contributed by atoms with van der Waals surface area (Å²) < 4.78 is 6.16. The molecule has 2 aliphatic rings. The Morgan fingerprint density at radius 2 is 2.24 bits per heavy atom. The first kappa shape index (κ1) is 14.0. The van der Waals surface area contributed by atoms with Gasteiger partial charge in [0.15, 0.2) is 0 Å². The van der Waals surface area contributed by atoms with E-state index in [0.29, 0.717) is 6.04 Å². The highest BCUT2D eigenvalue weighted by Crippen LogP contribution is 2.40. The molecular formula is C13H25NOS2. The summed E-state index contributed by atoms with van der Waals surface area (Å²) in [6.45, 7) is 0.974. The Balaban J connectivity index is 1.95. The minimum absolute atomic E-state index is 0.238. The molecule has 0 radical (unpaired) electrons. The van der Waals surface area contributed by atoms with Crippen molar-refractivity contribution >= 4 is 23.5 Å². The minimum Gasteiger partial charge on any atom is -0.375 e. The van der Waals surface area contributed by atoms with E-state index in [1.165, 1.54) is 42.9 Å². The first-order chi connectivity index (χ1) is 8.29. The van der Waals surface area contributed by atoms with Crippen LogP contribution in [-0.4, -0.2) is 48.8 Å². The van der Waals surface area contributed by atoms with Crippen molar-refractivity contribution in [2.24, 2.45) is 5.92 Å². The van der Waals surface area contributed by atoms with Crippen molar-refractivity contribution in [1.82, 2.24) is 5.32 Å². The van der Waals surface area contributed by atoms with Crippen LogP contribution in [0.25, 0.3) is 0 Å². The number of rotatable bonds is 4. The summed E-state index contributed by atoms with van der Waals surface area (Å²) in [6.07, 6.45) is 7.25. The quantitative estimate of drug-likeness (QED) is 0.851. The highest BCUT2D eigenvalue weighted by Gasteiger charge is 2.40. The van der Waals surface area contributed by atoms with Crippen molar-refractivity contribution in [3.8, 4) is 0 Å². The second kappa shape index (κ2) is 6.69. The first-order valence-corrected chi connectivity index (χ1v) is 9.22. The van der Waals surface area contributed by atoms with Gasteiger partial charge in [0, 0.05) is 18.4 Å². The zero-order valence-corrected chi connectivity index (χ0v) is 12.7. The van der Waals surface area contributed by atoms with Gasteiger partial charge in [-0.3, -0.25) is 0 Å². The van der Waals surface area contributed by atoms with Crippen LogP contribution in [0, 0.1) is 5.92 Å². The Labute approximate surface area is 114 Å². The molecule has 0 amide bonds. The Morgan fingerprint density at radius 1 is 1.47 bits per heavy atom. The van der Waals surface area contributed by atoms with Gasteiger partial charge in [-0.25, -0.2) is 0 Å². The normalized spacial score (nSPS) is 30.4. The predicted molar refractivity (Wildman–Crippen MR) is 79.2 cm³/mol. The molecule has 2 nitrogen and oxygen atoms in total. The molecule has 0 aliphatic carbocycles. The number of nitrogens with one attached hydrogen (secondary N) is 1. The summed E-state index contributed by atoms with van der Waals surface area (Å²) in [5.41, 5.74) is 0.238. The molecule has 17 heavy (non-hydrogen) atoms. The van der Waals surface area contributed by atoms with Crippen molar-refractivity contribution in [3.05, 3.63) is 0 Å². The van der Waals surface area contributed by atoms with E-state index < -0.39 is 0 Å². The van der Waals surface area contributed by atoms with E-state index in [0.717, 1.165) is 12.5 Å². The maximum Gasteiger partial charge on any atom is 0.0701 e. The molecule has 100 valence electrons. The molecule has 2 saturated heterocycles. The fourth-order valence-electron chi connectivity index (χ4n) is 3.14. The highest BCUT2D eigenvalue weighted by molar-refractivity contribution is 7.99. The summed E-state index contributed by atoms with van der Waals surface area (Å²) >= 11 is 4.04. The molecule has 2 unspecified atom stereocenters. The molecule has 2 fully saturated rings. The van der Waals surface area contributed by atoms with Crippen molar-refractivity contribution in [1.29, 1.82) is 0 Å². The van der Waals surface area contributed by atoms with Crippen LogP contribution >= 0.6 is 23.5 Å². The molecule has 0 bridgehead atoms. The molecule has 2 aliphatic heterocycles. The number of hydrogen-bond donors (Lipinski definition) is 1. The second-order valence-electron chi connectivity index (χ2n) is 5.25. The van der Waals surface area contributed by atoms with Gasteiger partial charge < -0.3 is 10.1 Å². The monoisotopic (exact) mass is 275 g/mol. The summed E-state index contributed by atoms with van der Waals surface area (Å²) in [5, 5.41) is 3.51. The van der Waals surface area contributed by atoms with Crippen LogP contribution in [-0.2, 0) is 4.74 Å². The van der Waals surface area contributed by atoms with Gasteiger partial charge in [-0.2, -0.15) is 23.5 Å². The zero-order valence-electron chi connectivity index (χ0n) is 11.0. The van der Waals surface area contributed by atoms with Gasteiger partial charge in [0.2, 0.25) is 0 Å². The maximum atomic E-state index is 6.16. The molecule has 2 atom stereocenters. The van der Waals surface area contributed by atoms with Crippen molar-refractivity contribution in [2.45, 2.75) is 37.3 Å². The highest BCUT2D eigenvalue weighted by atomic mass is 32.2. The Morgan fingerprint density at radius 3 is 2.88 bits per heavy atom. The molecule has 1 spiro atoms. The Bertz CT molecular complexity index is 226. The maximum absolute atomic E-state index is 6.16. The van der Waals surface area contributed by atoms with E-state index in [4.69, 9.17) is 4.74 Å². The van der Waals surface area contributed by atoms with Crippen molar-refractivity contribution in [2.75, 3.05) is 37.2 Å². The first-order valence-electron chi connectivity index (χ1n) is 6.67. The molecule has 0 aromatic rings. The summed E-state index contributed by atoms with van der Waals surface area (Å²) in [6, 6.07) is 0.667. The van der Waals surface area contributed by atoms with Gasteiger partial charge in [-0.1, -0.05) is 0 Å². The van der Waals surface area contributed by atoms with E-state index in [2.05, 4.69) is 30.4 Å². The fourth-order valence-corrected chi connectivity index (χ4v) is 5.17. The summed E-state index contributed by atoms with van der Waals surface area (Å²) in [4.78, 5) is 0. The van der Waals surface area contributed by atoms with Gasteiger partial charge >= 0.3 is 0 Å². The molecule has 2 heterocycles. The van der Waals surface area contributed by atoms with Crippen LogP contribution in [0.5, 0.6) is 0 Å². The van der Waals surface area contributed by atoms with Crippen LogP contribution in [0.1, 0.15) is 25.7 Å². The summed E-state index contributed by atoms with van der Waals surface area (Å²) in [5.74, 6) is 4.62. The lowest BCUT2D eigenvalue weighted by molar-refractivity contribution is -0.105. The molecule has 1 N–H and O–H groups in total. The lowest BCUT2D eigenvalue weighted by atomic mass is 9.79. The van der Waals surface area contributed by atoms with Crippen molar-refractivity contribution in [3.63, 3.8) is 0 Å². The largest absolute Gasteiger partial charge is 0.375 e. The summed E-state index contributed by atoms with van der Waals surface area (Å²) in [7, 11) is 2.11. The third-order valence-electron chi connectivity index (χ3n) is 4.22. The van der Waals surface area contributed by atoms with Crippen LogP contribution in [0.4, 0.5) is 0 Å². The lowest BCUT2D eigenvalue weighted by Crippen LogP contribution is -2.48. The standard InChI is InChI=1S/C13H25NOS2/c1-14-12(10-16-2)11-3-6-15-13(9-11)4-7-17-8-5-13/h11-12,14H,3-10H2,1-2H3. The number of thioether (sulfide) groups is 2. The zero-order chi connectivity index (χ0) is 12.1. The second-order valence-corrected chi connectivity index (χ2v) is 7.38. The van der Waals surface area contributed by atoms with E-state index in [9.17, 15) is 0 Å². The van der Waals surface area contributed by atoms with Gasteiger partial charge in [-0.15, -0.1) is 0 Å². The SMILES string of the molecule is CNC(CSC)C1CCOC2(CCSCC2)C1. The Kier molecular flexibility index (Phi) is 5.52. The van der Waals surface area contributed by atoms with E-state index in [1.54, 1.807) is 0 Å². The Hall–Kier alpha value is 0.620.